The summed E-state index contributed by atoms with van der Waals surface area (Å²) < 4.78 is 6.79. The molecule has 25 heavy (non-hydrogen) atoms. The van der Waals surface area contributed by atoms with Crippen LogP contribution in [0.1, 0.15) is 27.7 Å². The van der Waals surface area contributed by atoms with Gasteiger partial charge in [-0.1, -0.05) is 88.4 Å². The molecule has 2 aromatic carbocycles. The molecule has 0 aromatic heterocycles. The fourth-order valence-corrected chi connectivity index (χ4v) is 8.04. The molecule has 0 aliphatic carbocycles. The Morgan fingerprint density at radius 3 is 1.76 bits per heavy atom. The van der Waals surface area contributed by atoms with Gasteiger partial charge in [-0.25, -0.2) is 0 Å². The van der Waals surface area contributed by atoms with Gasteiger partial charge in [-0.2, -0.15) is 0 Å². The van der Waals surface area contributed by atoms with Crippen molar-refractivity contribution in [1.29, 1.82) is 0 Å². The van der Waals surface area contributed by atoms with Gasteiger partial charge in [0.05, 0.1) is 12.0 Å². The van der Waals surface area contributed by atoms with E-state index < -0.39 is 8.32 Å². The van der Waals surface area contributed by atoms with Crippen LogP contribution in [0, 0.1) is 5.92 Å². The molecule has 136 valence electrons. The minimum Gasteiger partial charge on any atom is -0.407 e. The van der Waals surface area contributed by atoms with Gasteiger partial charge in [-0.3, -0.25) is 0 Å². The normalized spacial score (nSPS) is 15.0. The Balaban J connectivity index is 2.53. The van der Waals surface area contributed by atoms with Crippen molar-refractivity contribution < 1.29 is 9.53 Å². The van der Waals surface area contributed by atoms with Gasteiger partial charge in [0.25, 0.3) is 8.32 Å². The van der Waals surface area contributed by atoms with Crippen LogP contribution in [0.3, 0.4) is 0 Å². The predicted octanol–water partition coefficient (Wildman–Crippen LogP) is 3.80. The maximum atomic E-state index is 9.35. The van der Waals surface area contributed by atoms with Gasteiger partial charge in [0.15, 0.2) is 0 Å². The number of hydrogen-bond donors (Lipinski definition) is 1. The second-order valence-corrected chi connectivity index (χ2v) is 12.5. The van der Waals surface area contributed by atoms with Crippen molar-refractivity contribution in [1.82, 2.24) is 0 Å². The van der Waals surface area contributed by atoms with Crippen molar-refractivity contribution in [2.75, 3.05) is 13.2 Å². The van der Waals surface area contributed by atoms with Gasteiger partial charge in [0.2, 0.25) is 0 Å². The molecule has 2 aromatic rings. The summed E-state index contributed by atoms with van der Waals surface area (Å²) in [6.07, 6.45) is 0. The molecule has 2 rings (SSSR count). The summed E-state index contributed by atoms with van der Waals surface area (Å²) in [4.78, 5) is 0. The molecule has 0 fully saturated rings. The lowest BCUT2D eigenvalue weighted by Gasteiger charge is -2.43. The Bertz CT molecular complexity index is 600. The maximum absolute atomic E-state index is 9.35. The third-order valence-corrected chi connectivity index (χ3v) is 10.3. The van der Waals surface area contributed by atoms with E-state index in [0.717, 1.165) is 0 Å². The lowest BCUT2D eigenvalue weighted by molar-refractivity contribution is 0.204. The van der Waals surface area contributed by atoms with E-state index in [0.29, 0.717) is 6.61 Å². The van der Waals surface area contributed by atoms with Gasteiger partial charge in [-0.15, -0.1) is 11.6 Å². The molecule has 0 aliphatic rings. The van der Waals surface area contributed by atoms with Gasteiger partial charge in [0, 0.05) is 6.61 Å². The quantitative estimate of drug-likeness (QED) is 0.588. The number of aliphatic hydroxyl groups is 1. The summed E-state index contributed by atoms with van der Waals surface area (Å²) in [5, 5.41) is 11.5. The summed E-state index contributed by atoms with van der Waals surface area (Å²) in [7, 11) is -2.51. The van der Waals surface area contributed by atoms with Gasteiger partial charge in [-0.05, 0) is 21.3 Å². The molecular weight excluding hydrogens is 348 g/mol. The highest BCUT2D eigenvalue weighted by atomic mass is 35.5. The highest BCUT2D eigenvalue weighted by molar-refractivity contribution is 6.99. The van der Waals surface area contributed by atoms with E-state index >= 15 is 0 Å². The molecule has 1 unspecified atom stereocenters. The minimum atomic E-state index is -2.51. The van der Waals surface area contributed by atoms with Crippen LogP contribution in [-0.4, -0.2) is 32.0 Å². The third kappa shape index (κ3) is 4.35. The average Bonchev–Trinajstić information content (AvgIpc) is 2.62. The number of rotatable bonds is 7. The molecule has 0 aliphatic heterocycles. The predicted molar refractivity (Wildman–Crippen MR) is 109 cm³/mol. The molecule has 0 heterocycles. The topological polar surface area (TPSA) is 29.5 Å². The first-order valence-corrected chi connectivity index (χ1v) is 11.2. The van der Waals surface area contributed by atoms with Gasteiger partial charge >= 0.3 is 0 Å². The monoisotopic (exact) mass is 376 g/mol. The van der Waals surface area contributed by atoms with Crippen molar-refractivity contribution in [2.45, 2.75) is 38.1 Å². The Labute approximate surface area is 157 Å². The highest BCUT2D eigenvalue weighted by Gasteiger charge is 2.50. The first-order valence-electron chi connectivity index (χ1n) is 8.83. The number of benzene rings is 2. The van der Waals surface area contributed by atoms with Crippen LogP contribution < -0.4 is 10.4 Å². The van der Waals surface area contributed by atoms with Crippen LogP contribution in [0.25, 0.3) is 0 Å². The van der Waals surface area contributed by atoms with E-state index in [4.69, 9.17) is 16.0 Å². The van der Waals surface area contributed by atoms with Crippen molar-refractivity contribution >= 4 is 30.3 Å². The fourth-order valence-electron chi connectivity index (χ4n) is 3.30. The van der Waals surface area contributed by atoms with Crippen molar-refractivity contribution in [3.8, 4) is 0 Å². The largest absolute Gasteiger partial charge is 0.407 e. The summed E-state index contributed by atoms with van der Waals surface area (Å²) in [6.45, 7) is 9.30. The van der Waals surface area contributed by atoms with Crippen LogP contribution in [0.5, 0.6) is 0 Å². The molecular formula is C21H29ClO2Si. The van der Waals surface area contributed by atoms with E-state index in [9.17, 15) is 5.11 Å². The molecule has 4 heteroatoms. The molecule has 0 saturated carbocycles. The smallest absolute Gasteiger partial charge is 0.261 e. The van der Waals surface area contributed by atoms with Crippen LogP contribution in [0.2, 0.25) is 5.04 Å². The molecule has 1 N–H and O–H groups in total. The molecule has 0 bridgehead atoms. The average molecular weight is 377 g/mol. The Morgan fingerprint density at radius 1 is 0.960 bits per heavy atom. The zero-order valence-corrected chi connectivity index (χ0v) is 17.3. The Kier molecular flexibility index (Phi) is 6.86. The number of aliphatic hydroxyl groups excluding tert-OH is 1. The molecule has 0 saturated heterocycles. The zero-order valence-electron chi connectivity index (χ0n) is 15.6. The standard InChI is InChI=1S/C21H29ClO2Si/c1-17(20(22)15-23)16-24-25(21(2,3)4,18-11-7-5-8-12-18)19-13-9-6-10-14-19/h5-14,17,20,23H,15-16H2,1-4H3/t17?,20-/m0/s1. The lowest BCUT2D eigenvalue weighted by atomic mass is 10.1. The second-order valence-electron chi connectivity index (χ2n) is 7.65. The van der Waals surface area contributed by atoms with Crippen LogP contribution in [0.4, 0.5) is 0 Å². The van der Waals surface area contributed by atoms with Crippen molar-refractivity contribution in [2.24, 2.45) is 5.92 Å². The first-order chi connectivity index (χ1) is 11.8. The molecule has 2 atom stereocenters. The number of alkyl halides is 1. The number of hydrogen-bond acceptors (Lipinski definition) is 2. The summed E-state index contributed by atoms with van der Waals surface area (Å²) in [5.74, 6) is 0.0771. The van der Waals surface area contributed by atoms with Gasteiger partial charge in [0.1, 0.15) is 0 Å². The van der Waals surface area contributed by atoms with Crippen LogP contribution in [-0.2, 0) is 4.43 Å². The first kappa shape index (κ1) is 20.2. The fraction of sp³-hybridized carbons (Fsp3) is 0.429. The highest BCUT2D eigenvalue weighted by Crippen LogP contribution is 2.37. The van der Waals surface area contributed by atoms with Crippen LogP contribution >= 0.6 is 11.6 Å². The molecule has 0 radical (unpaired) electrons. The van der Waals surface area contributed by atoms with Gasteiger partial charge < -0.3 is 9.53 Å². The van der Waals surface area contributed by atoms with Crippen molar-refractivity contribution in [3.05, 3.63) is 60.7 Å². The maximum Gasteiger partial charge on any atom is 0.261 e. The lowest BCUT2D eigenvalue weighted by Crippen LogP contribution is -2.67. The van der Waals surface area contributed by atoms with E-state index in [2.05, 4.69) is 69.3 Å². The Morgan fingerprint density at radius 2 is 1.40 bits per heavy atom. The summed E-state index contributed by atoms with van der Waals surface area (Å²) in [5.41, 5.74) is 0. The molecule has 0 amide bonds. The Hall–Kier alpha value is -1.13. The SMILES string of the molecule is CC(CO[Si](c1ccccc1)(c1ccccc1)C(C)(C)C)[C@@H](Cl)CO. The third-order valence-electron chi connectivity index (χ3n) is 4.77. The van der Waals surface area contributed by atoms with E-state index in [1.807, 2.05) is 19.1 Å². The van der Waals surface area contributed by atoms with E-state index in [1.165, 1.54) is 10.4 Å². The van der Waals surface area contributed by atoms with Crippen LogP contribution in [0.15, 0.2) is 60.7 Å². The second kappa shape index (κ2) is 8.50. The van der Waals surface area contributed by atoms with E-state index in [-0.39, 0.29) is 22.9 Å². The van der Waals surface area contributed by atoms with E-state index in [1.54, 1.807) is 0 Å². The summed E-state index contributed by atoms with van der Waals surface area (Å²) >= 11 is 6.24. The number of halogens is 1. The summed E-state index contributed by atoms with van der Waals surface area (Å²) in [6, 6.07) is 21.1. The molecule has 0 spiro atoms. The van der Waals surface area contributed by atoms with Crippen molar-refractivity contribution in [3.63, 3.8) is 0 Å². The molecule has 2 nitrogen and oxygen atoms in total. The zero-order chi connectivity index (χ0) is 18.5. The minimum absolute atomic E-state index is 0.0349.